The fourth-order valence-corrected chi connectivity index (χ4v) is 4.82. The molecule has 1 aromatic heterocycles. The molecule has 7 nitrogen and oxygen atoms in total. The van der Waals surface area contributed by atoms with E-state index in [2.05, 4.69) is 16.3 Å². The fourth-order valence-electron chi connectivity index (χ4n) is 4.82. The number of piperidine rings is 1. The van der Waals surface area contributed by atoms with E-state index in [4.69, 9.17) is 9.15 Å². The highest BCUT2D eigenvalue weighted by Gasteiger charge is 2.21. The number of hydrogen-bond acceptors (Lipinski definition) is 5. The second-order valence-corrected chi connectivity index (χ2v) is 9.09. The fraction of sp³-hybridized carbons (Fsp3) is 0.333. The molecule has 1 fully saturated rings. The van der Waals surface area contributed by atoms with Gasteiger partial charge in [0.1, 0.15) is 5.76 Å². The van der Waals surface area contributed by atoms with Gasteiger partial charge in [0.25, 0.3) is 5.91 Å². The zero-order chi connectivity index (χ0) is 26.2. The second-order valence-electron chi connectivity index (χ2n) is 9.09. The van der Waals surface area contributed by atoms with E-state index < -0.39 is 6.09 Å². The summed E-state index contributed by atoms with van der Waals surface area (Å²) in [6.45, 7) is 8.01. The van der Waals surface area contributed by atoms with E-state index in [0.717, 1.165) is 54.9 Å². The van der Waals surface area contributed by atoms with Gasteiger partial charge in [0.2, 0.25) is 0 Å². The summed E-state index contributed by atoms with van der Waals surface area (Å²) in [5.41, 5.74) is 5.94. The Balaban J connectivity index is 1.65. The molecule has 194 valence electrons. The van der Waals surface area contributed by atoms with Crippen molar-refractivity contribution >= 4 is 23.3 Å². The third kappa shape index (κ3) is 6.49. The quantitative estimate of drug-likeness (QED) is 0.407. The molecule has 1 aliphatic heterocycles. The van der Waals surface area contributed by atoms with Gasteiger partial charge in [-0.2, -0.15) is 0 Å². The maximum atomic E-state index is 12.9. The third-order valence-electron chi connectivity index (χ3n) is 6.83. The van der Waals surface area contributed by atoms with Gasteiger partial charge in [0.05, 0.1) is 19.9 Å². The van der Waals surface area contributed by atoms with E-state index in [9.17, 15) is 9.59 Å². The largest absolute Gasteiger partial charge is 0.468 e. The Morgan fingerprint density at radius 3 is 2.27 bits per heavy atom. The molecule has 0 unspecified atom stereocenters. The number of rotatable bonds is 8. The summed E-state index contributed by atoms with van der Waals surface area (Å²) in [5.74, 6) is 1.02. The van der Waals surface area contributed by atoms with Gasteiger partial charge in [-0.1, -0.05) is 29.8 Å². The van der Waals surface area contributed by atoms with E-state index in [1.54, 1.807) is 6.26 Å². The monoisotopic (exact) mass is 501 g/mol. The van der Waals surface area contributed by atoms with Crippen molar-refractivity contribution in [2.75, 3.05) is 38.6 Å². The predicted molar refractivity (Wildman–Crippen MR) is 145 cm³/mol. The van der Waals surface area contributed by atoms with Crippen LogP contribution < -0.4 is 5.32 Å². The van der Waals surface area contributed by atoms with Crippen molar-refractivity contribution in [1.29, 1.82) is 0 Å². The minimum absolute atomic E-state index is 0.0428. The highest BCUT2D eigenvalue weighted by atomic mass is 16.5. The molecule has 1 N–H and O–H groups in total. The number of benzene rings is 2. The number of amides is 2. The first-order valence-corrected chi connectivity index (χ1v) is 12.8. The Labute approximate surface area is 218 Å². The topological polar surface area (TPSA) is 75.0 Å². The first kappa shape index (κ1) is 26.2. The molecular formula is C30H35N3O4. The second kappa shape index (κ2) is 12.4. The normalized spacial score (nSPS) is 13.8. The molecule has 2 aromatic carbocycles. The summed E-state index contributed by atoms with van der Waals surface area (Å²) < 4.78 is 10.3. The standard InChI is InChI=1S/C30H35N3O4/c1-4-33(5-2)29(34)24-13-11-22(12-14-24)28(25-8-6-9-26(20-25)31-30(35)36-3)23-15-17-32(18-16-23)21-27-10-7-19-37-27/h6-14,19-20H,4-5,15-18,21H2,1-3H3,(H,31,35). The maximum Gasteiger partial charge on any atom is 0.411 e. The van der Waals surface area contributed by atoms with E-state index in [1.165, 1.54) is 12.7 Å². The predicted octanol–water partition coefficient (Wildman–Crippen LogP) is 6.04. The van der Waals surface area contributed by atoms with Crippen LogP contribution in [0.25, 0.3) is 5.57 Å². The first-order chi connectivity index (χ1) is 18.0. The van der Waals surface area contributed by atoms with Crippen LogP contribution in [-0.2, 0) is 11.3 Å². The lowest BCUT2D eigenvalue weighted by Crippen LogP contribution is -2.30. The van der Waals surface area contributed by atoms with Crippen LogP contribution in [-0.4, -0.2) is 55.1 Å². The number of nitrogens with one attached hydrogen (secondary N) is 1. The van der Waals surface area contributed by atoms with Crippen LogP contribution in [0.1, 0.15) is 53.9 Å². The van der Waals surface area contributed by atoms with Gasteiger partial charge < -0.3 is 14.1 Å². The minimum Gasteiger partial charge on any atom is -0.468 e. The molecule has 0 saturated carbocycles. The van der Waals surface area contributed by atoms with Crippen molar-refractivity contribution in [3.8, 4) is 0 Å². The van der Waals surface area contributed by atoms with Crippen molar-refractivity contribution in [3.63, 3.8) is 0 Å². The van der Waals surface area contributed by atoms with Crippen LogP contribution in [0.2, 0.25) is 0 Å². The van der Waals surface area contributed by atoms with Crippen LogP contribution in [0, 0.1) is 0 Å². The molecule has 0 aliphatic carbocycles. The molecule has 4 rings (SSSR count). The first-order valence-electron chi connectivity index (χ1n) is 12.8. The van der Waals surface area contributed by atoms with Crippen molar-refractivity contribution in [1.82, 2.24) is 9.80 Å². The van der Waals surface area contributed by atoms with Gasteiger partial charge in [-0.25, -0.2) is 4.79 Å². The van der Waals surface area contributed by atoms with E-state index in [1.807, 2.05) is 73.3 Å². The molecule has 37 heavy (non-hydrogen) atoms. The highest BCUT2D eigenvalue weighted by molar-refractivity contribution is 5.95. The summed E-state index contributed by atoms with van der Waals surface area (Å²) in [5, 5.41) is 2.77. The zero-order valence-electron chi connectivity index (χ0n) is 21.8. The summed E-state index contributed by atoms with van der Waals surface area (Å²) in [6, 6.07) is 19.7. The molecule has 1 saturated heterocycles. The zero-order valence-corrected chi connectivity index (χ0v) is 21.8. The molecule has 0 radical (unpaired) electrons. The molecule has 0 bridgehead atoms. The van der Waals surface area contributed by atoms with Gasteiger partial charge in [-0.3, -0.25) is 15.0 Å². The summed E-state index contributed by atoms with van der Waals surface area (Å²) >= 11 is 0. The smallest absolute Gasteiger partial charge is 0.411 e. The third-order valence-corrected chi connectivity index (χ3v) is 6.83. The maximum absolute atomic E-state index is 12.9. The molecule has 7 heteroatoms. The molecule has 0 atom stereocenters. The van der Waals surface area contributed by atoms with Gasteiger partial charge in [0.15, 0.2) is 0 Å². The highest BCUT2D eigenvalue weighted by Crippen LogP contribution is 2.34. The lowest BCUT2D eigenvalue weighted by atomic mass is 9.87. The summed E-state index contributed by atoms with van der Waals surface area (Å²) in [6.07, 6.45) is 3.05. The van der Waals surface area contributed by atoms with Crippen LogP contribution >= 0.6 is 0 Å². The van der Waals surface area contributed by atoms with E-state index >= 15 is 0 Å². The number of furan rings is 1. The van der Waals surface area contributed by atoms with Crippen molar-refractivity contribution in [2.45, 2.75) is 33.2 Å². The molecule has 1 aliphatic rings. The molecule has 0 spiro atoms. The summed E-state index contributed by atoms with van der Waals surface area (Å²) in [4.78, 5) is 28.9. The van der Waals surface area contributed by atoms with Gasteiger partial charge >= 0.3 is 6.09 Å². The van der Waals surface area contributed by atoms with Crippen molar-refractivity contribution < 1.29 is 18.7 Å². The molecule has 2 heterocycles. The lowest BCUT2D eigenvalue weighted by molar-refractivity contribution is 0.0773. The average molecular weight is 502 g/mol. The Morgan fingerprint density at radius 2 is 1.65 bits per heavy atom. The Bertz CT molecular complexity index is 1220. The van der Waals surface area contributed by atoms with Gasteiger partial charge in [-0.15, -0.1) is 0 Å². The molecular weight excluding hydrogens is 466 g/mol. The Kier molecular flexibility index (Phi) is 8.80. The number of likely N-dealkylation sites (tertiary alicyclic amines) is 1. The van der Waals surface area contributed by atoms with Crippen LogP contribution in [0.15, 0.2) is 76.9 Å². The summed E-state index contributed by atoms with van der Waals surface area (Å²) in [7, 11) is 1.35. The Hall–Kier alpha value is -3.84. The van der Waals surface area contributed by atoms with E-state index in [0.29, 0.717) is 24.3 Å². The van der Waals surface area contributed by atoms with Crippen LogP contribution in [0.5, 0.6) is 0 Å². The minimum atomic E-state index is -0.503. The average Bonchev–Trinajstić information content (AvgIpc) is 3.44. The number of ether oxygens (including phenoxy) is 1. The lowest BCUT2D eigenvalue weighted by Gasteiger charge is -2.29. The number of hydrogen-bond donors (Lipinski definition) is 1. The SMILES string of the molecule is CCN(CC)C(=O)c1ccc(C(=C2CCN(Cc3ccco3)CC2)c2cccc(NC(=O)OC)c2)cc1. The van der Waals surface area contributed by atoms with Gasteiger partial charge in [-0.05, 0) is 79.8 Å². The number of methoxy groups -OCH3 is 1. The Morgan fingerprint density at radius 1 is 0.946 bits per heavy atom. The molecule has 2 amide bonds. The van der Waals surface area contributed by atoms with E-state index in [-0.39, 0.29) is 5.91 Å². The molecule has 3 aromatic rings. The van der Waals surface area contributed by atoms with Gasteiger partial charge in [0, 0.05) is 37.4 Å². The van der Waals surface area contributed by atoms with Crippen molar-refractivity contribution in [2.24, 2.45) is 0 Å². The van der Waals surface area contributed by atoms with Crippen molar-refractivity contribution in [3.05, 3.63) is 95.0 Å². The number of nitrogens with zero attached hydrogens (tertiary/aromatic N) is 2. The van der Waals surface area contributed by atoms with Crippen LogP contribution in [0.4, 0.5) is 10.5 Å². The number of carbonyl (C=O) groups excluding carboxylic acids is 2. The number of carbonyl (C=O) groups is 2. The van der Waals surface area contributed by atoms with Crippen LogP contribution in [0.3, 0.4) is 0 Å². The number of anilines is 1.